The zero-order chi connectivity index (χ0) is 19.0. The Morgan fingerprint density at radius 2 is 1.08 bits per heavy atom. The predicted octanol–water partition coefficient (Wildman–Crippen LogP) is 5.89. The van der Waals surface area contributed by atoms with Crippen molar-refractivity contribution in [2.45, 2.75) is 128 Å². The van der Waals surface area contributed by atoms with E-state index in [-0.39, 0.29) is 6.10 Å². The Morgan fingerprint density at radius 1 is 0.640 bits per heavy atom. The van der Waals surface area contributed by atoms with Crippen LogP contribution in [0.15, 0.2) is 0 Å². The van der Waals surface area contributed by atoms with Gasteiger partial charge in [-0.05, 0) is 32.1 Å². The Labute approximate surface area is 156 Å². The summed E-state index contributed by atoms with van der Waals surface area (Å²) in [5.41, 5.74) is 0. The molecule has 0 fully saturated rings. The second-order valence-electron chi connectivity index (χ2n) is 7.48. The predicted molar refractivity (Wildman–Crippen MR) is 107 cm³/mol. The third kappa shape index (κ3) is 15.8. The van der Waals surface area contributed by atoms with Crippen LogP contribution in [0.4, 0.5) is 0 Å². The third-order valence-electron chi connectivity index (χ3n) is 5.01. The summed E-state index contributed by atoms with van der Waals surface area (Å²) < 4.78 is 32.0. The van der Waals surface area contributed by atoms with Gasteiger partial charge in [0.1, 0.15) is 0 Å². The molecule has 0 bridgehead atoms. The molecule has 0 aromatic rings. The summed E-state index contributed by atoms with van der Waals surface area (Å²) in [6.45, 7) is 4.25. The van der Waals surface area contributed by atoms with Crippen molar-refractivity contribution < 1.29 is 18.1 Å². The van der Waals surface area contributed by atoms with Gasteiger partial charge in [0.05, 0.1) is 11.4 Å². The van der Waals surface area contributed by atoms with Crippen LogP contribution in [0.25, 0.3) is 0 Å². The van der Waals surface area contributed by atoms with E-state index in [1.165, 1.54) is 51.4 Å². The van der Waals surface area contributed by atoms with E-state index in [2.05, 4.69) is 6.92 Å². The third-order valence-corrected chi connectivity index (χ3v) is 6.32. The minimum absolute atomic E-state index is 0.335. The molecular weight excluding hydrogens is 336 g/mol. The Balaban J connectivity index is 3.64. The zero-order valence-corrected chi connectivity index (χ0v) is 17.4. The molecule has 0 aromatic carbocycles. The first-order chi connectivity index (χ1) is 11.9. The van der Waals surface area contributed by atoms with Crippen molar-refractivity contribution in [1.29, 1.82) is 0 Å². The average Bonchev–Trinajstić information content (AvgIpc) is 2.55. The highest BCUT2D eigenvalue weighted by Gasteiger charge is 2.22. The quantitative estimate of drug-likeness (QED) is 0.230. The summed E-state index contributed by atoms with van der Waals surface area (Å²) in [5.74, 6) is 0. The van der Waals surface area contributed by atoms with Gasteiger partial charge < -0.3 is 5.11 Å². The van der Waals surface area contributed by atoms with Gasteiger partial charge in [-0.3, -0.25) is 4.55 Å². The fourth-order valence-corrected chi connectivity index (χ4v) is 4.22. The molecule has 2 atom stereocenters. The normalized spacial score (nSPS) is 14.6. The molecule has 0 aliphatic carbocycles. The monoisotopic (exact) mass is 378 g/mol. The van der Waals surface area contributed by atoms with Gasteiger partial charge in [0.15, 0.2) is 0 Å². The number of rotatable bonds is 18. The summed E-state index contributed by atoms with van der Waals surface area (Å²) in [7, 11) is -3.95. The molecule has 0 aliphatic heterocycles. The van der Waals surface area contributed by atoms with E-state index in [0.717, 1.165) is 25.7 Å². The molecule has 0 saturated heterocycles. The Hall–Kier alpha value is -0.130. The van der Waals surface area contributed by atoms with Gasteiger partial charge in [0.25, 0.3) is 10.1 Å². The fraction of sp³-hybridized carbons (Fsp3) is 1.00. The average molecular weight is 379 g/mol. The van der Waals surface area contributed by atoms with Crippen LogP contribution in [0.1, 0.15) is 117 Å². The van der Waals surface area contributed by atoms with Crippen LogP contribution in [-0.4, -0.2) is 29.4 Å². The summed E-state index contributed by atoms with van der Waals surface area (Å²) in [6, 6.07) is 0. The lowest BCUT2D eigenvalue weighted by atomic mass is 10.0. The maximum Gasteiger partial charge on any atom is 0.267 e. The smallest absolute Gasteiger partial charge is 0.267 e. The largest absolute Gasteiger partial charge is 0.393 e. The molecule has 4 nitrogen and oxygen atoms in total. The first kappa shape index (κ1) is 24.9. The molecular formula is C20H42O4S. The van der Waals surface area contributed by atoms with Crippen molar-refractivity contribution in [3.05, 3.63) is 0 Å². The lowest BCUT2D eigenvalue weighted by molar-refractivity contribution is 0.147. The highest BCUT2D eigenvalue weighted by Crippen LogP contribution is 2.18. The molecule has 0 amide bonds. The summed E-state index contributed by atoms with van der Waals surface area (Å²) in [5, 5.41) is 9.37. The van der Waals surface area contributed by atoms with Gasteiger partial charge >= 0.3 is 0 Å². The van der Waals surface area contributed by atoms with Crippen molar-refractivity contribution >= 4 is 10.1 Å². The first-order valence-corrected chi connectivity index (χ1v) is 12.1. The number of aliphatic hydroxyl groups is 1. The van der Waals surface area contributed by atoms with E-state index in [1.807, 2.05) is 6.92 Å². The standard InChI is InChI=1S/C20H42O4S/c1-3-5-7-8-9-10-11-12-13-15-19(21)16-14-18-20(17-6-4-2)25(22,23)24/h19-21H,3-18H2,1-2H3,(H,22,23,24). The molecule has 0 aromatic heterocycles. The van der Waals surface area contributed by atoms with Gasteiger partial charge in [0.2, 0.25) is 0 Å². The minimum atomic E-state index is -3.95. The second kappa shape index (κ2) is 16.1. The highest BCUT2D eigenvalue weighted by atomic mass is 32.2. The molecule has 5 heteroatoms. The van der Waals surface area contributed by atoms with Crippen LogP contribution in [-0.2, 0) is 10.1 Å². The highest BCUT2D eigenvalue weighted by molar-refractivity contribution is 7.86. The maximum atomic E-state index is 11.4. The molecule has 152 valence electrons. The molecule has 25 heavy (non-hydrogen) atoms. The summed E-state index contributed by atoms with van der Waals surface area (Å²) >= 11 is 0. The van der Waals surface area contributed by atoms with E-state index in [4.69, 9.17) is 0 Å². The maximum absolute atomic E-state index is 11.4. The lowest BCUT2D eigenvalue weighted by Gasteiger charge is -2.15. The van der Waals surface area contributed by atoms with Gasteiger partial charge in [0, 0.05) is 0 Å². The van der Waals surface area contributed by atoms with Crippen molar-refractivity contribution in [1.82, 2.24) is 0 Å². The van der Waals surface area contributed by atoms with Gasteiger partial charge in [-0.1, -0.05) is 84.5 Å². The molecule has 0 aliphatic rings. The Bertz CT molecular complexity index is 381. The van der Waals surface area contributed by atoms with Crippen molar-refractivity contribution in [3.8, 4) is 0 Å². The van der Waals surface area contributed by atoms with Crippen LogP contribution in [0.3, 0.4) is 0 Å². The Morgan fingerprint density at radius 3 is 1.60 bits per heavy atom. The van der Waals surface area contributed by atoms with E-state index in [0.29, 0.717) is 25.7 Å². The van der Waals surface area contributed by atoms with Gasteiger partial charge in [-0.15, -0.1) is 0 Å². The van der Waals surface area contributed by atoms with Crippen LogP contribution in [0, 0.1) is 0 Å². The number of hydrogen-bond donors (Lipinski definition) is 2. The van der Waals surface area contributed by atoms with Crippen molar-refractivity contribution in [2.24, 2.45) is 0 Å². The molecule has 0 saturated carbocycles. The SMILES string of the molecule is CCCCCCCCCCCC(O)CCCC(CCCC)S(=O)(=O)O. The van der Waals surface area contributed by atoms with Crippen LogP contribution in [0.5, 0.6) is 0 Å². The van der Waals surface area contributed by atoms with E-state index in [9.17, 15) is 18.1 Å². The second-order valence-corrected chi connectivity index (χ2v) is 9.18. The van der Waals surface area contributed by atoms with Crippen LogP contribution < -0.4 is 0 Å². The molecule has 0 radical (unpaired) electrons. The van der Waals surface area contributed by atoms with Crippen LogP contribution in [0.2, 0.25) is 0 Å². The Kier molecular flexibility index (Phi) is 16.0. The number of aliphatic hydroxyl groups excluding tert-OH is 1. The fourth-order valence-electron chi connectivity index (χ4n) is 3.29. The molecule has 2 N–H and O–H groups in total. The first-order valence-electron chi connectivity index (χ1n) is 10.6. The topological polar surface area (TPSA) is 74.6 Å². The molecule has 0 heterocycles. The molecule has 0 spiro atoms. The zero-order valence-electron chi connectivity index (χ0n) is 16.6. The number of unbranched alkanes of at least 4 members (excludes halogenated alkanes) is 9. The van der Waals surface area contributed by atoms with Gasteiger partial charge in [-0.2, -0.15) is 8.42 Å². The van der Waals surface area contributed by atoms with E-state index < -0.39 is 15.4 Å². The van der Waals surface area contributed by atoms with Crippen molar-refractivity contribution in [2.75, 3.05) is 0 Å². The summed E-state index contributed by atoms with van der Waals surface area (Å²) in [4.78, 5) is 0. The molecule has 0 rings (SSSR count). The van der Waals surface area contributed by atoms with E-state index in [1.54, 1.807) is 0 Å². The van der Waals surface area contributed by atoms with Gasteiger partial charge in [-0.25, -0.2) is 0 Å². The van der Waals surface area contributed by atoms with Crippen molar-refractivity contribution in [3.63, 3.8) is 0 Å². The lowest BCUT2D eigenvalue weighted by Crippen LogP contribution is -2.21. The summed E-state index contributed by atoms with van der Waals surface area (Å²) in [6.07, 6.45) is 15.9. The van der Waals surface area contributed by atoms with Crippen LogP contribution >= 0.6 is 0 Å². The number of hydrogen-bond acceptors (Lipinski definition) is 3. The minimum Gasteiger partial charge on any atom is -0.393 e. The van der Waals surface area contributed by atoms with E-state index >= 15 is 0 Å². The molecule has 2 unspecified atom stereocenters.